The number of benzene rings is 2. The summed E-state index contributed by atoms with van der Waals surface area (Å²) in [5.41, 5.74) is 8.78. The standard InChI is InChI=1S/C16H19ClN2.C9H13NO.C4H4O4.ClH/c1-19(2)12-10-15(16-5-3-4-11-18-16)13-6-8-14(17)9-7-13;1-7(10)9(11)8-5-3-2-4-6-8;5-3(6)1-2-4(7)8;/h3-9,11,15H,10,12H2,1-2H3;2-7,9,11H,10H2,1H3;1-2H,(H,5,6)(H,7,8);1H/b;;2-1-;/t;7-,9-;;/m.1../s1. The van der Waals surface area contributed by atoms with Gasteiger partial charge in [0.15, 0.2) is 0 Å². The van der Waals surface area contributed by atoms with Crippen molar-refractivity contribution in [2.24, 2.45) is 5.73 Å². The van der Waals surface area contributed by atoms with E-state index in [1.807, 2.05) is 60.8 Å². The van der Waals surface area contributed by atoms with Crippen LogP contribution in [0.15, 0.2) is 91.1 Å². The number of carbonyl (C=O) groups is 2. The molecule has 1 aromatic heterocycles. The van der Waals surface area contributed by atoms with Crippen LogP contribution in [0.25, 0.3) is 0 Å². The van der Waals surface area contributed by atoms with Crippen LogP contribution < -0.4 is 5.73 Å². The number of hydrogen-bond acceptors (Lipinski definition) is 6. The van der Waals surface area contributed by atoms with E-state index in [0.29, 0.717) is 18.1 Å². The lowest BCUT2D eigenvalue weighted by Gasteiger charge is -2.19. The number of halogens is 2. The fourth-order valence-corrected chi connectivity index (χ4v) is 3.37. The maximum Gasteiger partial charge on any atom is 0.328 e. The largest absolute Gasteiger partial charge is 0.478 e. The summed E-state index contributed by atoms with van der Waals surface area (Å²) in [6.07, 6.45) is 3.47. The molecule has 0 spiro atoms. The predicted molar refractivity (Wildman–Crippen MR) is 157 cm³/mol. The highest BCUT2D eigenvalue weighted by Crippen LogP contribution is 2.27. The molecule has 10 heteroatoms. The monoisotopic (exact) mass is 577 g/mol. The number of carboxylic acids is 2. The number of carboxylic acid groups (broad SMARTS) is 2. The summed E-state index contributed by atoms with van der Waals surface area (Å²) in [7, 11) is 4.19. The number of nitrogens with two attached hydrogens (primary N) is 1. The number of pyridine rings is 1. The van der Waals surface area contributed by atoms with Crippen molar-refractivity contribution in [2.75, 3.05) is 20.6 Å². The molecule has 2 aromatic carbocycles. The molecule has 0 aliphatic rings. The van der Waals surface area contributed by atoms with Gasteiger partial charge in [-0.3, -0.25) is 4.98 Å². The molecule has 0 aliphatic carbocycles. The number of aliphatic carboxylic acids is 2. The highest BCUT2D eigenvalue weighted by Gasteiger charge is 2.15. The summed E-state index contributed by atoms with van der Waals surface area (Å²) in [6, 6.07) is 23.4. The molecule has 0 bridgehead atoms. The van der Waals surface area contributed by atoms with Gasteiger partial charge in [0.1, 0.15) is 0 Å². The number of aliphatic hydroxyl groups excluding tert-OH is 1. The maximum atomic E-state index is 9.55. The molecule has 1 unspecified atom stereocenters. The molecule has 0 radical (unpaired) electrons. The van der Waals surface area contributed by atoms with E-state index in [9.17, 15) is 14.7 Å². The zero-order valence-corrected chi connectivity index (χ0v) is 23.8. The second kappa shape index (κ2) is 19.7. The minimum atomic E-state index is -1.26. The van der Waals surface area contributed by atoms with Crippen LogP contribution in [-0.4, -0.2) is 63.8 Å². The molecule has 0 aliphatic heterocycles. The lowest BCUT2D eigenvalue weighted by Crippen LogP contribution is -2.24. The summed E-state index contributed by atoms with van der Waals surface area (Å²) in [5.74, 6) is -2.19. The van der Waals surface area contributed by atoms with Gasteiger partial charge in [-0.15, -0.1) is 12.4 Å². The van der Waals surface area contributed by atoms with Crippen molar-refractivity contribution in [1.82, 2.24) is 9.88 Å². The third-order valence-electron chi connectivity index (χ3n) is 5.19. The average Bonchev–Trinajstić information content (AvgIpc) is 2.90. The van der Waals surface area contributed by atoms with Crippen LogP contribution in [0.3, 0.4) is 0 Å². The molecule has 0 saturated heterocycles. The lowest BCUT2D eigenvalue weighted by molar-refractivity contribution is -0.134. The number of aromatic nitrogens is 1. The van der Waals surface area contributed by atoms with Crippen molar-refractivity contribution < 1.29 is 24.9 Å². The molecular weight excluding hydrogens is 541 g/mol. The van der Waals surface area contributed by atoms with Crippen LogP contribution in [0.4, 0.5) is 0 Å². The van der Waals surface area contributed by atoms with E-state index in [2.05, 4.69) is 42.2 Å². The normalized spacial score (nSPS) is 12.6. The quantitative estimate of drug-likeness (QED) is 0.260. The molecule has 8 nitrogen and oxygen atoms in total. The van der Waals surface area contributed by atoms with Crippen LogP contribution in [-0.2, 0) is 9.59 Å². The van der Waals surface area contributed by atoms with Crippen LogP contribution >= 0.6 is 24.0 Å². The van der Waals surface area contributed by atoms with Gasteiger partial charge in [0.2, 0.25) is 0 Å². The lowest BCUT2D eigenvalue weighted by atomic mass is 9.92. The second-order valence-electron chi connectivity index (χ2n) is 8.68. The Bertz CT molecular complexity index is 1100. The van der Waals surface area contributed by atoms with Crippen LogP contribution in [0.2, 0.25) is 5.02 Å². The molecule has 0 amide bonds. The first kappa shape index (κ1) is 35.7. The van der Waals surface area contributed by atoms with E-state index < -0.39 is 18.0 Å². The first-order chi connectivity index (χ1) is 18.0. The van der Waals surface area contributed by atoms with Gasteiger partial charge in [0, 0.05) is 41.0 Å². The van der Waals surface area contributed by atoms with Crippen LogP contribution in [0, 0.1) is 0 Å². The highest BCUT2D eigenvalue weighted by atomic mass is 35.5. The summed E-state index contributed by atoms with van der Waals surface area (Å²) in [5, 5.41) is 25.9. The molecule has 3 atom stereocenters. The molecule has 5 N–H and O–H groups in total. The first-order valence-corrected chi connectivity index (χ1v) is 12.3. The Morgan fingerprint density at radius 3 is 1.90 bits per heavy atom. The molecule has 0 saturated carbocycles. The van der Waals surface area contributed by atoms with E-state index in [1.165, 1.54) is 5.56 Å². The SMILES string of the molecule is CN(C)CCC(c1ccc(Cl)cc1)c1ccccn1.C[C@@H](N)[C@@H](O)c1ccccc1.Cl.O=C(O)/C=C\C(=O)O. The Morgan fingerprint density at radius 1 is 0.923 bits per heavy atom. The van der Waals surface area contributed by atoms with Crippen molar-refractivity contribution in [3.63, 3.8) is 0 Å². The Balaban J connectivity index is 0.000000615. The molecule has 1 heterocycles. The van der Waals surface area contributed by atoms with Crippen LogP contribution in [0.1, 0.15) is 42.2 Å². The Labute approximate surface area is 241 Å². The summed E-state index contributed by atoms with van der Waals surface area (Å²) >= 11 is 5.97. The maximum absolute atomic E-state index is 9.55. The van der Waals surface area contributed by atoms with E-state index in [-0.39, 0.29) is 18.4 Å². The zero-order valence-electron chi connectivity index (χ0n) is 22.2. The minimum Gasteiger partial charge on any atom is -0.478 e. The average molecular weight is 579 g/mol. The highest BCUT2D eigenvalue weighted by molar-refractivity contribution is 6.30. The fraction of sp³-hybridized carbons (Fsp3) is 0.276. The third kappa shape index (κ3) is 15.7. The Kier molecular flexibility index (Phi) is 18.1. The molecule has 39 heavy (non-hydrogen) atoms. The molecule has 212 valence electrons. The molecule has 3 aromatic rings. The van der Waals surface area contributed by atoms with Gasteiger partial charge in [0.05, 0.1) is 6.10 Å². The third-order valence-corrected chi connectivity index (χ3v) is 5.44. The van der Waals surface area contributed by atoms with Gasteiger partial charge in [-0.05, 0) is 69.4 Å². The van der Waals surface area contributed by atoms with Crippen LogP contribution in [0.5, 0.6) is 0 Å². The number of rotatable bonds is 9. The number of aliphatic hydroxyl groups is 1. The van der Waals surface area contributed by atoms with Crippen molar-refractivity contribution in [1.29, 1.82) is 0 Å². The van der Waals surface area contributed by atoms with Gasteiger partial charge in [-0.2, -0.15) is 0 Å². The molecule has 0 fully saturated rings. The van der Waals surface area contributed by atoms with E-state index in [0.717, 1.165) is 29.2 Å². The Hall–Kier alpha value is -3.27. The second-order valence-corrected chi connectivity index (χ2v) is 9.11. The van der Waals surface area contributed by atoms with Gasteiger partial charge < -0.3 is 26.0 Å². The first-order valence-electron chi connectivity index (χ1n) is 11.9. The fourth-order valence-electron chi connectivity index (χ4n) is 3.25. The zero-order chi connectivity index (χ0) is 28.5. The number of nitrogens with zero attached hydrogens (tertiary/aromatic N) is 2. The minimum absolute atomic E-state index is 0. The van der Waals surface area contributed by atoms with Crippen molar-refractivity contribution in [3.05, 3.63) is 113 Å². The van der Waals surface area contributed by atoms with Crippen molar-refractivity contribution in [2.45, 2.75) is 31.4 Å². The molecule has 3 rings (SSSR count). The van der Waals surface area contributed by atoms with E-state index in [1.54, 1.807) is 6.92 Å². The topological polar surface area (TPSA) is 137 Å². The van der Waals surface area contributed by atoms with Crippen molar-refractivity contribution in [3.8, 4) is 0 Å². The van der Waals surface area contributed by atoms with Gasteiger partial charge in [-0.1, -0.05) is 60.1 Å². The smallest absolute Gasteiger partial charge is 0.328 e. The predicted octanol–water partition coefficient (Wildman–Crippen LogP) is 5.02. The Morgan fingerprint density at radius 2 is 1.46 bits per heavy atom. The van der Waals surface area contributed by atoms with Crippen molar-refractivity contribution >= 4 is 35.9 Å². The summed E-state index contributed by atoms with van der Waals surface area (Å²) < 4.78 is 0. The molecular formula is C29H37Cl2N3O5. The van der Waals surface area contributed by atoms with Gasteiger partial charge >= 0.3 is 11.9 Å². The summed E-state index contributed by atoms with van der Waals surface area (Å²) in [4.78, 5) is 25.8. The summed E-state index contributed by atoms with van der Waals surface area (Å²) in [6.45, 7) is 2.82. The van der Waals surface area contributed by atoms with E-state index in [4.69, 9.17) is 27.5 Å². The van der Waals surface area contributed by atoms with Gasteiger partial charge in [0.25, 0.3) is 0 Å². The van der Waals surface area contributed by atoms with Gasteiger partial charge in [-0.25, -0.2) is 9.59 Å². The number of hydrogen-bond donors (Lipinski definition) is 4. The van der Waals surface area contributed by atoms with E-state index >= 15 is 0 Å².